The van der Waals surface area contributed by atoms with Gasteiger partial charge in [-0.25, -0.2) is 0 Å². The standard InChI is InChI=1S/C19H15Cl2F2NO6/c20-10-4-24-17(26)14(21)13(10)11(25)3-9-1-2-12(30-18(22)23)16-15(9)28-7-19(8-29-16)5-27-6-19/h1-2,4,18H,3,5-8H2,(H,24,26). The topological polar surface area (TPSA) is 86.8 Å². The summed E-state index contributed by atoms with van der Waals surface area (Å²) in [5, 5.41) is -0.352. The normalized spacial score (nSPS) is 16.8. The number of halogens is 4. The fourth-order valence-corrected chi connectivity index (χ4v) is 3.82. The molecule has 0 saturated carbocycles. The van der Waals surface area contributed by atoms with Crippen LogP contribution in [0.4, 0.5) is 8.78 Å². The summed E-state index contributed by atoms with van der Waals surface area (Å²) in [6, 6.07) is 2.69. The number of benzene rings is 1. The van der Waals surface area contributed by atoms with E-state index >= 15 is 0 Å². The van der Waals surface area contributed by atoms with Crippen LogP contribution in [0.3, 0.4) is 0 Å². The number of nitrogens with one attached hydrogen (secondary N) is 1. The van der Waals surface area contributed by atoms with Gasteiger partial charge < -0.3 is 23.9 Å². The molecule has 1 saturated heterocycles. The Morgan fingerprint density at radius 2 is 1.87 bits per heavy atom. The number of fused-ring (bicyclic) bond motifs is 1. The minimum Gasteiger partial charge on any atom is -0.488 e. The molecule has 160 valence electrons. The van der Waals surface area contributed by atoms with Crippen LogP contribution in [0.25, 0.3) is 0 Å². The second-order valence-corrected chi connectivity index (χ2v) is 7.87. The summed E-state index contributed by atoms with van der Waals surface area (Å²) in [5.74, 6) is -0.661. The first-order chi connectivity index (χ1) is 14.3. The van der Waals surface area contributed by atoms with Gasteiger partial charge in [-0.1, -0.05) is 29.3 Å². The number of H-pyrrole nitrogens is 1. The Bertz CT molecular complexity index is 1050. The monoisotopic (exact) mass is 461 g/mol. The maximum absolute atomic E-state index is 12.8. The van der Waals surface area contributed by atoms with Crippen molar-refractivity contribution in [1.82, 2.24) is 4.98 Å². The molecule has 0 amide bonds. The van der Waals surface area contributed by atoms with Crippen LogP contribution in [0, 0.1) is 5.41 Å². The molecule has 0 unspecified atom stereocenters. The van der Waals surface area contributed by atoms with E-state index in [1.807, 2.05) is 0 Å². The van der Waals surface area contributed by atoms with Crippen molar-refractivity contribution in [3.05, 3.63) is 49.9 Å². The molecule has 0 atom stereocenters. The lowest BCUT2D eigenvalue weighted by atomic mass is 9.88. The van der Waals surface area contributed by atoms with E-state index in [2.05, 4.69) is 9.72 Å². The molecule has 1 aromatic heterocycles. The van der Waals surface area contributed by atoms with Crippen LogP contribution in [0.15, 0.2) is 23.1 Å². The number of pyridine rings is 1. The summed E-state index contributed by atoms with van der Waals surface area (Å²) >= 11 is 12.0. The first-order valence-electron chi connectivity index (χ1n) is 8.83. The fraction of sp³-hybridized carbons (Fsp3) is 0.368. The quantitative estimate of drug-likeness (QED) is 0.685. The predicted octanol–water partition coefficient (Wildman–Crippen LogP) is 3.50. The minimum atomic E-state index is -3.07. The van der Waals surface area contributed by atoms with Gasteiger partial charge in [-0.15, -0.1) is 0 Å². The molecule has 1 aromatic carbocycles. The molecule has 1 N–H and O–H groups in total. The van der Waals surface area contributed by atoms with Gasteiger partial charge in [-0.3, -0.25) is 9.59 Å². The minimum absolute atomic E-state index is 0.0175. The number of alkyl halides is 2. The largest absolute Gasteiger partial charge is 0.488 e. The summed E-state index contributed by atoms with van der Waals surface area (Å²) in [6.45, 7) is -1.87. The number of carbonyl (C=O) groups is 1. The number of ether oxygens (including phenoxy) is 4. The smallest absolute Gasteiger partial charge is 0.387 e. The van der Waals surface area contributed by atoms with Crippen molar-refractivity contribution in [2.24, 2.45) is 5.41 Å². The number of aromatic nitrogens is 1. The average molecular weight is 462 g/mol. The van der Waals surface area contributed by atoms with Gasteiger partial charge in [-0.05, 0) is 6.07 Å². The van der Waals surface area contributed by atoms with Gasteiger partial charge >= 0.3 is 6.61 Å². The summed E-state index contributed by atoms with van der Waals surface area (Å²) < 4.78 is 47.0. The molecule has 0 radical (unpaired) electrons. The van der Waals surface area contributed by atoms with Crippen molar-refractivity contribution in [2.45, 2.75) is 13.0 Å². The highest BCUT2D eigenvalue weighted by atomic mass is 35.5. The van der Waals surface area contributed by atoms with Crippen LogP contribution >= 0.6 is 23.2 Å². The highest BCUT2D eigenvalue weighted by Crippen LogP contribution is 2.46. The van der Waals surface area contributed by atoms with Gasteiger partial charge in [0, 0.05) is 18.2 Å². The third-order valence-corrected chi connectivity index (χ3v) is 5.51. The SMILES string of the molecule is O=C(Cc1ccc(OC(F)F)c2c1OCC1(COC1)CO2)c1c(Cl)c[nH]c(=O)c1Cl. The molecule has 3 heterocycles. The molecule has 30 heavy (non-hydrogen) atoms. The summed E-state index contributed by atoms with van der Waals surface area (Å²) in [4.78, 5) is 26.9. The van der Waals surface area contributed by atoms with Gasteiger partial charge in [0.15, 0.2) is 17.3 Å². The van der Waals surface area contributed by atoms with Crippen molar-refractivity contribution < 1.29 is 32.5 Å². The Hall–Kier alpha value is -2.36. The molecule has 4 rings (SSSR count). The highest BCUT2D eigenvalue weighted by Gasteiger charge is 2.43. The molecule has 2 aliphatic rings. The first kappa shape index (κ1) is 20.9. The summed E-state index contributed by atoms with van der Waals surface area (Å²) in [5.41, 5.74) is -0.847. The Morgan fingerprint density at radius 1 is 1.17 bits per heavy atom. The van der Waals surface area contributed by atoms with E-state index in [9.17, 15) is 18.4 Å². The molecule has 1 fully saturated rings. The second kappa shape index (κ2) is 8.05. The van der Waals surface area contributed by atoms with E-state index in [1.165, 1.54) is 18.3 Å². The van der Waals surface area contributed by atoms with Crippen LogP contribution in [-0.4, -0.2) is 43.8 Å². The molecule has 0 bridgehead atoms. The maximum atomic E-state index is 12.8. The van der Waals surface area contributed by atoms with Gasteiger partial charge in [0.25, 0.3) is 5.56 Å². The number of hydrogen-bond donors (Lipinski definition) is 1. The second-order valence-electron chi connectivity index (χ2n) is 7.08. The molecular weight excluding hydrogens is 447 g/mol. The molecule has 2 aliphatic heterocycles. The van der Waals surface area contributed by atoms with E-state index in [1.54, 1.807) is 0 Å². The Balaban J connectivity index is 1.70. The van der Waals surface area contributed by atoms with Crippen LogP contribution in [0.2, 0.25) is 10.0 Å². The van der Waals surface area contributed by atoms with E-state index in [0.29, 0.717) is 18.8 Å². The fourth-order valence-electron chi connectivity index (χ4n) is 3.26. The summed E-state index contributed by atoms with van der Waals surface area (Å²) in [6.07, 6.45) is 0.913. The van der Waals surface area contributed by atoms with E-state index < -0.39 is 23.4 Å². The number of Topliss-reactive ketones (excluding diaryl/α,β-unsaturated/α-hetero) is 1. The summed E-state index contributed by atoms with van der Waals surface area (Å²) in [7, 11) is 0. The Labute approximate surface area is 178 Å². The molecular formula is C19H15Cl2F2NO6. The van der Waals surface area contributed by atoms with Crippen molar-refractivity contribution >= 4 is 29.0 Å². The zero-order chi connectivity index (χ0) is 21.5. The zero-order valence-electron chi connectivity index (χ0n) is 15.3. The van der Waals surface area contributed by atoms with Gasteiger partial charge in [-0.2, -0.15) is 8.78 Å². The Morgan fingerprint density at radius 3 is 2.50 bits per heavy atom. The lowest BCUT2D eigenvalue weighted by molar-refractivity contribution is -0.143. The number of rotatable bonds is 5. The molecule has 0 aliphatic carbocycles. The third-order valence-electron chi connectivity index (χ3n) is 4.85. The van der Waals surface area contributed by atoms with E-state index in [-0.39, 0.29) is 52.5 Å². The van der Waals surface area contributed by atoms with Gasteiger partial charge in [0.2, 0.25) is 5.75 Å². The molecule has 7 nitrogen and oxygen atoms in total. The van der Waals surface area contributed by atoms with Crippen molar-refractivity contribution in [3.8, 4) is 17.2 Å². The average Bonchev–Trinajstić information content (AvgIpc) is 2.87. The lowest BCUT2D eigenvalue weighted by Crippen LogP contribution is -2.50. The van der Waals surface area contributed by atoms with E-state index in [0.717, 1.165) is 0 Å². The zero-order valence-corrected chi connectivity index (χ0v) is 16.8. The molecule has 2 aromatic rings. The van der Waals surface area contributed by atoms with Crippen molar-refractivity contribution in [3.63, 3.8) is 0 Å². The number of hydrogen-bond acceptors (Lipinski definition) is 6. The van der Waals surface area contributed by atoms with Gasteiger partial charge in [0.1, 0.15) is 18.2 Å². The van der Waals surface area contributed by atoms with Crippen LogP contribution in [-0.2, 0) is 11.2 Å². The predicted molar refractivity (Wildman–Crippen MR) is 102 cm³/mol. The van der Waals surface area contributed by atoms with Crippen LogP contribution < -0.4 is 19.8 Å². The maximum Gasteiger partial charge on any atom is 0.387 e. The lowest BCUT2D eigenvalue weighted by Gasteiger charge is -2.38. The number of ketones is 1. The van der Waals surface area contributed by atoms with Gasteiger partial charge in [0.05, 0.1) is 29.2 Å². The van der Waals surface area contributed by atoms with E-state index in [4.69, 9.17) is 37.4 Å². The van der Waals surface area contributed by atoms with Crippen LogP contribution in [0.1, 0.15) is 15.9 Å². The molecule has 11 heteroatoms. The number of carbonyl (C=O) groups excluding carboxylic acids is 1. The van der Waals surface area contributed by atoms with Crippen molar-refractivity contribution in [1.29, 1.82) is 0 Å². The third kappa shape index (κ3) is 3.84. The molecule has 1 spiro atoms. The van der Waals surface area contributed by atoms with Crippen molar-refractivity contribution in [2.75, 3.05) is 26.4 Å². The first-order valence-corrected chi connectivity index (χ1v) is 9.59. The number of aromatic amines is 1. The highest BCUT2D eigenvalue weighted by molar-refractivity contribution is 6.39. The Kier molecular flexibility index (Phi) is 5.61. The van der Waals surface area contributed by atoms with Crippen LogP contribution in [0.5, 0.6) is 17.2 Å².